The van der Waals surface area contributed by atoms with Gasteiger partial charge in [0.25, 0.3) is 0 Å². The number of hydrogen-bond donors (Lipinski definition) is 0. The van der Waals surface area contributed by atoms with Crippen molar-refractivity contribution < 1.29 is 4.79 Å². The van der Waals surface area contributed by atoms with Gasteiger partial charge in [0, 0.05) is 17.1 Å². The standard InChI is InChI=1S/C13H10N2OS/c1-9-2-4-10(5-3-9)12-11(8-16)15-6-7-17-13(15)14-12/h2-8H,1H3. The lowest BCUT2D eigenvalue weighted by molar-refractivity contribution is 0.111. The average Bonchev–Trinajstić information content (AvgIpc) is 2.89. The van der Waals surface area contributed by atoms with Crippen LogP contribution in [-0.2, 0) is 0 Å². The summed E-state index contributed by atoms with van der Waals surface area (Å²) in [6, 6.07) is 8.04. The highest BCUT2D eigenvalue weighted by Crippen LogP contribution is 2.25. The molecule has 4 heteroatoms. The number of aldehydes is 1. The lowest BCUT2D eigenvalue weighted by Gasteiger charge is -1.99. The second-order valence-corrected chi connectivity index (χ2v) is 4.76. The number of hydrogen-bond acceptors (Lipinski definition) is 3. The van der Waals surface area contributed by atoms with Crippen molar-refractivity contribution >= 4 is 22.6 Å². The first-order chi connectivity index (χ1) is 8.29. The number of imidazole rings is 1. The van der Waals surface area contributed by atoms with E-state index in [1.165, 1.54) is 16.9 Å². The summed E-state index contributed by atoms with van der Waals surface area (Å²) in [5.41, 5.74) is 3.55. The van der Waals surface area contributed by atoms with E-state index in [2.05, 4.69) is 4.98 Å². The van der Waals surface area contributed by atoms with Gasteiger partial charge in [-0.05, 0) is 6.92 Å². The van der Waals surface area contributed by atoms with Crippen molar-refractivity contribution in [3.05, 3.63) is 47.1 Å². The summed E-state index contributed by atoms with van der Waals surface area (Å²) in [4.78, 5) is 16.5. The fraction of sp³-hybridized carbons (Fsp3) is 0.0769. The summed E-state index contributed by atoms with van der Waals surface area (Å²) in [5.74, 6) is 0. The van der Waals surface area contributed by atoms with Gasteiger partial charge in [0.05, 0.1) is 0 Å². The summed E-state index contributed by atoms with van der Waals surface area (Å²) < 4.78 is 1.83. The second-order valence-electron chi connectivity index (χ2n) is 3.89. The Morgan fingerprint density at radius 3 is 2.76 bits per heavy atom. The molecule has 0 unspecified atom stereocenters. The molecule has 0 atom stereocenters. The number of aromatic nitrogens is 2. The Balaban J connectivity index is 2.25. The van der Waals surface area contributed by atoms with E-state index < -0.39 is 0 Å². The molecule has 3 rings (SSSR count). The predicted octanol–water partition coefficient (Wildman–Crippen LogP) is 3.18. The Hall–Kier alpha value is -1.94. The number of thiazole rings is 1. The van der Waals surface area contributed by atoms with Gasteiger partial charge in [-0.15, -0.1) is 11.3 Å². The molecular formula is C13H10N2OS. The predicted molar refractivity (Wildman–Crippen MR) is 68.6 cm³/mol. The first-order valence-electron chi connectivity index (χ1n) is 5.27. The molecule has 0 saturated heterocycles. The molecule has 0 aliphatic heterocycles. The van der Waals surface area contributed by atoms with Crippen LogP contribution in [0.1, 0.15) is 16.1 Å². The maximum Gasteiger partial charge on any atom is 0.194 e. The van der Waals surface area contributed by atoms with Crippen molar-refractivity contribution in [1.82, 2.24) is 9.38 Å². The third-order valence-corrected chi connectivity index (χ3v) is 3.49. The fourth-order valence-electron chi connectivity index (χ4n) is 1.84. The van der Waals surface area contributed by atoms with Crippen LogP contribution >= 0.6 is 11.3 Å². The average molecular weight is 242 g/mol. The minimum Gasteiger partial charge on any atom is -0.296 e. The first kappa shape index (κ1) is 10.2. The van der Waals surface area contributed by atoms with Gasteiger partial charge >= 0.3 is 0 Å². The van der Waals surface area contributed by atoms with Crippen LogP contribution in [0.4, 0.5) is 0 Å². The van der Waals surface area contributed by atoms with Crippen molar-refractivity contribution in [3.63, 3.8) is 0 Å². The molecule has 1 aromatic carbocycles. The summed E-state index contributed by atoms with van der Waals surface area (Å²) in [6.45, 7) is 2.04. The zero-order valence-electron chi connectivity index (χ0n) is 9.25. The molecule has 84 valence electrons. The minimum absolute atomic E-state index is 0.616. The lowest BCUT2D eigenvalue weighted by Crippen LogP contribution is -1.89. The number of carbonyl (C=O) groups excluding carboxylic acids is 1. The minimum atomic E-state index is 0.616. The molecule has 0 N–H and O–H groups in total. The van der Waals surface area contributed by atoms with Crippen LogP contribution in [0.25, 0.3) is 16.2 Å². The van der Waals surface area contributed by atoms with Crippen molar-refractivity contribution in [2.24, 2.45) is 0 Å². The molecule has 2 aromatic heterocycles. The van der Waals surface area contributed by atoms with Crippen LogP contribution in [0, 0.1) is 6.92 Å². The van der Waals surface area contributed by atoms with Crippen LogP contribution in [0.2, 0.25) is 0 Å². The van der Waals surface area contributed by atoms with Crippen LogP contribution in [0.15, 0.2) is 35.8 Å². The van der Waals surface area contributed by atoms with Crippen LogP contribution in [0.3, 0.4) is 0 Å². The van der Waals surface area contributed by atoms with Crippen LogP contribution in [0.5, 0.6) is 0 Å². The smallest absolute Gasteiger partial charge is 0.194 e. The lowest BCUT2D eigenvalue weighted by atomic mass is 10.1. The zero-order chi connectivity index (χ0) is 11.8. The first-order valence-corrected chi connectivity index (χ1v) is 6.15. The zero-order valence-corrected chi connectivity index (χ0v) is 10.1. The summed E-state index contributed by atoms with van der Waals surface area (Å²) in [6.07, 6.45) is 2.73. The molecule has 0 fully saturated rings. The van der Waals surface area contributed by atoms with Gasteiger partial charge in [0.1, 0.15) is 11.4 Å². The van der Waals surface area contributed by atoms with Crippen molar-refractivity contribution in [2.45, 2.75) is 6.92 Å². The molecule has 0 spiro atoms. The highest BCUT2D eigenvalue weighted by molar-refractivity contribution is 7.15. The van der Waals surface area contributed by atoms with E-state index in [1.807, 2.05) is 47.2 Å². The van der Waals surface area contributed by atoms with E-state index in [0.717, 1.165) is 22.5 Å². The number of benzene rings is 1. The Bertz CT molecular complexity index is 679. The van der Waals surface area contributed by atoms with Crippen LogP contribution in [-0.4, -0.2) is 15.7 Å². The number of fused-ring (bicyclic) bond motifs is 1. The third-order valence-electron chi connectivity index (χ3n) is 2.74. The van der Waals surface area contributed by atoms with Crippen molar-refractivity contribution in [1.29, 1.82) is 0 Å². The van der Waals surface area contributed by atoms with Gasteiger partial charge in [-0.2, -0.15) is 0 Å². The molecule has 0 bridgehead atoms. The van der Waals surface area contributed by atoms with E-state index in [4.69, 9.17) is 0 Å². The molecule has 0 radical (unpaired) electrons. The van der Waals surface area contributed by atoms with Crippen molar-refractivity contribution in [2.75, 3.05) is 0 Å². The molecule has 0 saturated carbocycles. The molecule has 2 heterocycles. The maximum atomic E-state index is 11.2. The Labute approximate surface area is 102 Å². The topological polar surface area (TPSA) is 34.4 Å². The normalized spacial score (nSPS) is 10.9. The Morgan fingerprint density at radius 1 is 1.29 bits per heavy atom. The quantitative estimate of drug-likeness (QED) is 0.647. The van der Waals surface area contributed by atoms with Gasteiger partial charge in [-0.3, -0.25) is 9.20 Å². The van der Waals surface area contributed by atoms with Gasteiger partial charge in [0.2, 0.25) is 0 Å². The van der Waals surface area contributed by atoms with E-state index >= 15 is 0 Å². The SMILES string of the molecule is Cc1ccc(-c2nc3sccn3c2C=O)cc1. The molecule has 0 aliphatic rings. The van der Waals surface area contributed by atoms with Gasteiger partial charge < -0.3 is 0 Å². The largest absolute Gasteiger partial charge is 0.296 e. The number of carbonyl (C=O) groups is 1. The fourth-order valence-corrected chi connectivity index (χ4v) is 2.56. The molecule has 3 nitrogen and oxygen atoms in total. The summed E-state index contributed by atoms with van der Waals surface area (Å²) in [7, 11) is 0. The van der Waals surface area contributed by atoms with Crippen molar-refractivity contribution in [3.8, 4) is 11.3 Å². The van der Waals surface area contributed by atoms with E-state index in [-0.39, 0.29) is 0 Å². The highest BCUT2D eigenvalue weighted by atomic mass is 32.1. The Morgan fingerprint density at radius 2 is 2.06 bits per heavy atom. The number of aryl methyl sites for hydroxylation is 1. The molecule has 3 aromatic rings. The monoisotopic (exact) mass is 242 g/mol. The third kappa shape index (κ3) is 1.57. The molecule has 0 amide bonds. The maximum absolute atomic E-state index is 11.2. The number of nitrogens with zero attached hydrogens (tertiary/aromatic N) is 2. The van der Waals surface area contributed by atoms with E-state index in [9.17, 15) is 4.79 Å². The molecule has 0 aliphatic carbocycles. The highest BCUT2D eigenvalue weighted by Gasteiger charge is 2.13. The van der Waals surface area contributed by atoms with Gasteiger partial charge in [0.15, 0.2) is 11.2 Å². The van der Waals surface area contributed by atoms with Crippen LogP contribution < -0.4 is 0 Å². The summed E-state index contributed by atoms with van der Waals surface area (Å²) in [5, 5.41) is 1.92. The van der Waals surface area contributed by atoms with E-state index in [0.29, 0.717) is 5.69 Å². The molecular weight excluding hydrogens is 232 g/mol. The Kier molecular flexibility index (Phi) is 2.30. The van der Waals surface area contributed by atoms with Gasteiger partial charge in [-0.1, -0.05) is 29.8 Å². The van der Waals surface area contributed by atoms with Gasteiger partial charge in [-0.25, -0.2) is 4.98 Å². The second kappa shape index (κ2) is 3.82. The number of rotatable bonds is 2. The molecule has 17 heavy (non-hydrogen) atoms. The van der Waals surface area contributed by atoms with E-state index in [1.54, 1.807) is 0 Å². The summed E-state index contributed by atoms with van der Waals surface area (Å²) >= 11 is 1.53.